The van der Waals surface area contributed by atoms with Crippen LogP contribution in [0.1, 0.15) is 11.1 Å². The highest BCUT2D eigenvalue weighted by molar-refractivity contribution is 7.80. The molecule has 0 aliphatic heterocycles. The molecule has 2 N–H and O–H groups in total. The van der Waals surface area contributed by atoms with Crippen LogP contribution in [0.15, 0.2) is 36.4 Å². The molecule has 2 aromatic carbocycles. The lowest BCUT2D eigenvalue weighted by molar-refractivity contribution is 0.414. The van der Waals surface area contributed by atoms with Gasteiger partial charge in [-0.3, -0.25) is 0 Å². The van der Waals surface area contributed by atoms with E-state index in [0.29, 0.717) is 5.56 Å². The smallest absolute Gasteiger partial charge is 0.166 e. The first-order valence-electron chi connectivity index (χ1n) is 5.51. The number of ether oxygens (including phenoxy) is 1. The summed E-state index contributed by atoms with van der Waals surface area (Å²) < 4.78 is 32.5. The normalized spacial score (nSPS) is 10.3. The average molecular weight is 279 g/mol. The molecule has 0 fully saturated rings. The Morgan fingerprint density at radius 2 is 1.79 bits per heavy atom. The zero-order valence-electron chi connectivity index (χ0n) is 10.1. The lowest BCUT2D eigenvalue weighted by Gasteiger charge is -2.09. The maximum absolute atomic E-state index is 13.8. The predicted molar refractivity (Wildman–Crippen MR) is 73.5 cm³/mol. The van der Waals surface area contributed by atoms with Crippen molar-refractivity contribution in [1.29, 1.82) is 0 Å². The second kappa shape index (κ2) is 5.32. The molecular weight excluding hydrogens is 268 g/mol. The fourth-order valence-corrected chi connectivity index (χ4v) is 1.67. The molecular formula is C14H11F2NOS. The molecule has 0 spiro atoms. The number of thiocarbonyl (C=S) groups is 1. The van der Waals surface area contributed by atoms with Gasteiger partial charge in [0.15, 0.2) is 23.1 Å². The summed E-state index contributed by atoms with van der Waals surface area (Å²) in [6.45, 7) is 1.79. The van der Waals surface area contributed by atoms with E-state index in [1.165, 1.54) is 24.3 Å². The lowest BCUT2D eigenvalue weighted by Crippen LogP contribution is -2.09. The second-order valence-corrected chi connectivity index (χ2v) is 4.49. The molecule has 0 atom stereocenters. The molecule has 0 bridgehead atoms. The number of halogens is 2. The van der Waals surface area contributed by atoms with E-state index in [-0.39, 0.29) is 16.5 Å². The third-order valence-electron chi connectivity index (χ3n) is 2.52. The summed E-state index contributed by atoms with van der Waals surface area (Å²) in [6, 6.07) is 8.42. The minimum absolute atomic E-state index is 0.0259. The van der Waals surface area contributed by atoms with E-state index in [0.717, 1.165) is 11.6 Å². The van der Waals surface area contributed by atoms with Crippen LogP contribution in [0, 0.1) is 18.6 Å². The Morgan fingerprint density at radius 3 is 2.42 bits per heavy atom. The maximum atomic E-state index is 13.8. The summed E-state index contributed by atoms with van der Waals surface area (Å²) in [5, 5.41) is 0. The van der Waals surface area contributed by atoms with Gasteiger partial charge in [-0.1, -0.05) is 18.3 Å². The molecule has 2 aromatic rings. The van der Waals surface area contributed by atoms with Crippen molar-refractivity contribution < 1.29 is 13.5 Å². The van der Waals surface area contributed by atoms with Gasteiger partial charge in [0.2, 0.25) is 0 Å². The number of rotatable bonds is 3. The molecule has 2 nitrogen and oxygen atoms in total. The van der Waals surface area contributed by atoms with E-state index in [2.05, 4.69) is 0 Å². The molecule has 0 radical (unpaired) electrons. The molecule has 0 amide bonds. The number of aryl methyl sites for hydroxylation is 1. The number of hydrogen-bond acceptors (Lipinski definition) is 2. The summed E-state index contributed by atoms with van der Waals surface area (Å²) in [6.07, 6.45) is 0. The van der Waals surface area contributed by atoms with Gasteiger partial charge >= 0.3 is 0 Å². The lowest BCUT2D eigenvalue weighted by atomic mass is 10.2. The first-order valence-corrected chi connectivity index (χ1v) is 5.91. The molecule has 0 aliphatic carbocycles. The minimum atomic E-state index is -0.647. The summed E-state index contributed by atoms with van der Waals surface area (Å²) >= 11 is 4.74. The van der Waals surface area contributed by atoms with Crippen molar-refractivity contribution in [1.82, 2.24) is 0 Å². The van der Waals surface area contributed by atoms with Crippen molar-refractivity contribution in [2.45, 2.75) is 6.92 Å². The van der Waals surface area contributed by atoms with E-state index < -0.39 is 11.6 Å². The quantitative estimate of drug-likeness (QED) is 0.870. The number of nitrogens with two attached hydrogens (primary N) is 1. The molecule has 0 aromatic heterocycles. The van der Waals surface area contributed by atoms with Crippen LogP contribution in [0.3, 0.4) is 0 Å². The van der Waals surface area contributed by atoms with E-state index in [1.807, 2.05) is 0 Å². The molecule has 2 rings (SSSR count). The topological polar surface area (TPSA) is 35.2 Å². The molecule has 0 unspecified atom stereocenters. The van der Waals surface area contributed by atoms with Crippen molar-refractivity contribution in [3.63, 3.8) is 0 Å². The van der Waals surface area contributed by atoms with Gasteiger partial charge in [0.05, 0.1) is 0 Å². The predicted octanol–water partition coefficient (Wildman–Crippen LogP) is 3.70. The molecule has 5 heteroatoms. The second-order valence-electron chi connectivity index (χ2n) is 4.05. The van der Waals surface area contributed by atoms with Gasteiger partial charge < -0.3 is 10.5 Å². The third kappa shape index (κ3) is 3.06. The van der Waals surface area contributed by atoms with Crippen LogP contribution in [0.2, 0.25) is 0 Å². The Labute approximate surface area is 114 Å². The monoisotopic (exact) mass is 279 g/mol. The van der Waals surface area contributed by atoms with Gasteiger partial charge in [0.25, 0.3) is 0 Å². The fraction of sp³-hybridized carbons (Fsp3) is 0.0714. The van der Waals surface area contributed by atoms with Gasteiger partial charge in [0, 0.05) is 5.56 Å². The van der Waals surface area contributed by atoms with Crippen LogP contribution in [0.4, 0.5) is 8.78 Å². The highest BCUT2D eigenvalue weighted by Crippen LogP contribution is 2.28. The Morgan fingerprint density at radius 1 is 1.05 bits per heavy atom. The van der Waals surface area contributed by atoms with Crippen molar-refractivity contribution in [3.05, 3.63) is 59.2 Å². The Balaban J connectivity index is 2.33. The van der Waals surface area contributed by atoms with Gasteiger partial charge in [-0.2, -0.15) is 0 Å². The maximum Gasteiger partial charge on any atom is 0.166 e. The Bertz CT molecular complexity index is 643. The van der Waals surface area contributed by atoms with E-state index in [4.69, 9.17) is 22.7 Å². The molecule has 98 valence electrons. The van der Waals surface area contributed by atoms with Crippen LogP contribution in [-0.2, 0) is 0 Å². The first-order chi connectivity index (χ1) is 8.97. The summed E-state index contributed by atoms with van der Waals surface area (Å²) in [5.41, 5.74) is 6.60. The summed E-state index contributed by atoms with van der Waals surface area (Å²) in [7, 11) is 0. The third-order valence-corrected chi connectivity index (χ3v) is 2.76. The zero-order valence-corrected chi connectivity index (χ0v) is 10.9. The van der Waals surface area contributed by atoms with E-state index in [1.54, 1.807) is 13.0 Å². The van der Waals surface area contributed by atoms with Gasteiger partial charge in [-0.05, 0) is 42.8 Å². The highest BCUT2D eigenvalue weighted by atomic mass is 32.1. The summed E-state index contributed by atoms with van der Waals surface area (Å²) in [5.74, 6) is -1.30. The van der Waals surface area contributed by atoms with Crippen molar-refractivity contribution >= 4 is 17.2 Å². The van der Waals surface area contributed by atoms with Gasteiger partial charge in [-0.25, -0.2) is 8.78 Å². The zero-order chi connectivity index (χ0) is 14.0. The Hall–Kier alpha value is -2.01. The molecule has 0 saturated carbocycles. The van der Waals surface area contributed by atoms with Crippen LogP contribution in [0.25, 0.3) is 0 Å². The van der Waals surface area contributed by atoms with Gasteiger partial charge in [-0.15, -0.1) is 0 Å². The van der Waals surface area contributed by atoms with E-state index in [9.17, 15) is 8.78 Å². The van der Waals surface area contributed by atoms with Crippen LogP contribution < -0.4 is 10.5 Å². The molecule has 19 heavy (non-hydrogen) atoms. The largest absolute Gasteiger partial charge is 0.451 e. The van der Waals surface area contributed by atoms with Crippen LogP contribution in [0.5, 0.6) is 11.5 Å². The first kappa shape index (κ1) is 13.4. The Kier molecular flexibility index (Phi) is 3.76. The van der Waals surface area contributed by atoms with Crippen LogP contribution in [-0.4, -0.2) is 4.99 Å². The molecule has 0 aliphatic rings. The molecule has 0 saturated heterocycles. The SMILES string of the molecule is Cc1ccc(F)c(Oc2ccc(C(N)=S)cc2F)c1. The molecule has 0 heterocycles. The van der Waals surface area contributed by atoms with Gasteiger partial charge in [0.1, 0.15) is 4.99 Å². The number of benzene rings is 2. The minimum Gasteiger partial charge on any atom is -0.451 e. The van der Waals surface area contributed by atoms with E-state index >= 15 is 0 Å². The standard InChI is InChI=1S/C14H11F2NOS/c1-8-2-4-10(15)13(6-8)18-12-5-3-9(14(17)19)7-11(12)16/h2-7H,1H3,(H2,17,19). The fourth-order valence-electron chi connectivity index (χ4n) is 1.54. The van der Waals surface area contributed by atoms with Crippen molar-refractivity contribution in [3.8, 4) is 11.5 Å². The number of hydrogen-bond donors (Lipinski definition) is 1. The van der Waals surface area contributed by atoms with Crippen molar-refractivity contribution in [2.75, 3.05) is 0 Å². The highest BCUT2D eigenvalue weighted by Gasteiger charge is 2.10. The average Bonchev–Trinajstić information content (AvgIpc) is 2.36. The van der Waals surface area contributed by atoms with Crippen LogP contribution >= 0.6 is 12.2 Å². The van der Waals surface area contributed by atoms with Crippen molar-refractivity contribution in [2.24, 2.45) is 5.73 Å². The summed E-state index contributed by atoms with van der Waals surface area (Å²) in [4.78, 5) is 0.0900.